The number of fused-ring (bicyclic) bond motifs is 1. The summed E-state index contributed by atoms with van der Waals surface area (Å²) < 4.78 is 1.87. The summed E-state index contributed by atoms with van der Waals surface area (Å²) in [6, 6.07) is 1.92. The second-order valence-electron chi connectivity index (χ2n) is 2.19. The first-order chi connectivity index (χ1) is 5.29. The molecule has 0 fully saturated rings. The Kier molecular flexibility index (Phi) is 1.80. The molecule has 1 aliphatic rings. The number of nitrogens with one attached hydrogen (secondary N) is 1. The molecule has 1 aromatic rings. The topological polar surface area (TPSA) is 31.4 Å². The molecule has 5 heteroatoms. The van der Waals surface area contributed by atoms with Gasteiger partial charge in [-0.15, -0.1) is 0 Å². The maximum atomic E-state index is 5.99. The fraction of sp³-hybridized carbons (Fsp3) is 0.167. The maximum Gasteiger partial charge on any atom is 0.137 e. The van der Waals surface area contributed by atoms with E-state index in [0.717, 1.165) is 15.9 Å². The number of aromatic amines is 1. The number of H-pyrrole nitrogens is 1. The van der Waals surface area contributed by atoms with E-state index in [0.29, 0.717) is 6.67 Å². The van der Waals surface area contributed by atoms with Gasteiger partial charge < -0.3 is 4.98 Å². The van der Waals surface area contributed by atoms with Gasteiger partial charge >= 0.3 is 0 Å². The summed E-state index contributed by atoms with van der Waals surface area (Å²) in [7, 11) is 0. The lowest BCUT2D eigenvalue weighted by atomic mass is 10.5. The van der Waals surface area contributed by atoms with Gasteiger partial charge in [0.2, 0.25) is 0 Å². The van der Waals surface area contributed by atoms with E-state index in [-0.39, 0.29) is 0 Å². The molecule has 0 radical (unpaired) electrons. The SMILES string of the molecule is ClC1=c2cc[nH]c2=NCN1I. The monoisotopic (exact) mass is 281 g/mol. The van der Waals surface area contributed by atoms with E-state index in [2.05, 4.69) is 32.8 Å². The van der Waals surface area contributed by atoms with Gasteiger partial charge in [0.25, 0.3) is 0 Å². The highest BCUT2D eigenvalue weighted by molar-refractivity contribution is 14.1. The molecular weight excluding hydrogens is 276 g/mol. The Hall–Kier alpha value is -0.230. The molecule has 0 aliphatic carbocycles. The Morgan fingerprint density at radius 2 is 2.55 bits per heavy atom. The molecule has 11 heavy (non-hydrogen) atoms. The molecule has 1 N–H and O–H groups in total. The third-order valence-corrected chi connectivity index (χ3v) is 2.99. The van der Waals surface area contributed by atoms with Crippen LogP contribution >= 0.6 is 34.5 Å². The zero-order valence-electron chi connectivity index (χ0n) is 5.51. The van der Waals surface area contributed by atoms with Crippen molar-refractivity contribution in [1.82, 2.24) is 8.10 Å². The van der Waals surface area contributed by atoms with Crippen molar-refractivity contribution < 1.29 is 0 Å². The van der Waals surface area contributed by atoms with Gasteiger partial charge in [0.15, 0.2) is 0 Å². The zero-order chi connectivity index (χ0) is 7.84. The van der Waals surface area contributed by atoms with Crippen molar-refractivity contribution >= 4 is 39.6 Å². The number of aromatic nitrogens is 1. The number of hydrogen-bond acceptors (Lipinski definition) is 2. The van der Waals surface area contributed by atoms with Gasteiger partial charge in [-0.05, 0) is 6.07 Å². The summed E-state index contributed by atoms with van der Waals surface area (Å²) in [5.41, 5.74) is 0.878. The average Bonchev–Trinajstić information content (AvgIpc) is 2.45. The standard InChI is InChI=1S/C6H5ClIN3/c7-5-4-1-2-9-6(4)10-3-11(5)8/h1-2H,3H2,(H,9,10). The summed E-state index contributed by atoms with van der Waals surface area (Å²) in [4.78, 5) is 7.25. The Morgan fingerprint density at radius 1 is 1.73 bits per heavy atom. The molecule has 0 unspecified atom stereocenters. The Morgan fingerprint density at radius 3 is 3.36 bits per heavy atom. The van der Waals surface area contributed by atoms with Crippen molar-refractivity contribution in [3.8, 4) is 0 Å². The van der Waals surface area contributed by atoms with Crippen LogP contribution in [0.25, 0.3) is 5.16 Å². The minimum absolute atomic E-state index is 0.618. The van der Waals surface area contributed by atoms with Gasteiger partial charge in [0.05, 0.1) is 28.1 Å². The number of nitrogens with zero attached hydrogens (tertiary/aromatic N) is 2. The fourth-order valence-electron chi connectivity index (χ4n) is 0.983. The predicted molar refractivity (Wildman–Crippen MR) is 51.6 cm³/mol. The molecule has 2 rings (SSSR count). The Bertz CT molecular complexity index is 383. The summed E-state index contributed by atoms with van der Waals surface area (Å²) in [6.45, 7) is 0.618. The summed E-state index contributed by atoms with van der Waals surface area (Å²) in [5.74, 6) is 0. The van der Waals surface area contributed by atoms with E-state index in [1.165, 1.54) is 0 Å². The first-order valence-corrected chi connectivity index (χ1v) is 4.44. The molecule has 0 bridgehead atoms. The van der Waals surface area contributed by atoms with Crippen LogP contribution in [0.4, 0.5) is 0 Å². The fourth-order valence-corrected chi connectivity index (χ4v) is 1.60. The summed E-state index contributed by atoms with van der Waals surface area (Å²) >= 11 is 8.13. The summed E-state index contributed by atoms with van der Waals surface area (Å²) in [5, 5.41) is 1.73. The van der Waals surface area contributed by atoms with E-state index in [9.17, 15) is 0 Å². The highest BCUT2D eigenvalue weighted by atomic mass is 127. The molecule has 1 aliphatic heterocycles. The smallest absolute Gasteiger partial charge is 0.137 e. The third-order valence-electron chi connectivity index (χ3n) is 1.51. The van der Waals surface area contributed by atoms with Crippen molar-refractivity contribution in [3.63, 3.8) is 0 Å². The second-order valence-corrected chi connectivity index (χ2v) is 3.72. The second kappa shape index (κ2) is 2.67. The lowest BCUT2D eigenvalue weighted by Crippen LogP contribution is -2.33. The molecule has 0 saturated heterocycles. The average molecular weight is 281 g/mol. The van der Waals surface area contributed by atoms with Crippen molar-refractivity contribution in [3.05, 3.63) is 23.0 Å². The zero-order valence-corrected chi connectivity index (χ0v) is 8.43. The number of halogens is 2. The molecule has 0 amide bonds. The molecule has 1 aromatic heterocycles. The minimum atomic E-state index is 0.618. The lowest BCUT2D eigenvalue weighted by molar-refractivity contribution is 0.685. The highest BCUT2D eigenvalue weighted by Gasteiger charge is 2.08. The molecule has 2 heterocycles. The quantitative estimate of drug-likeness (QED) is 0.421. The van der Waals surface area contributed by atoms with Gasteiger partial charge in [-0.2, -0.15) is 0 Å². The van der Waals surface area contributed by atoms with Gasteiger partial charge in [0, 0.05) is 6.20 Å². The van der Waals surface area contributed by atoms with Crippen molar-refractivity contribution in [2.24, 2.45) is 4.99 Å². The van der Waals surface area contributed by atoms with E-state index >= 15 is 0 Å². The van der Waals surface area contributed by atoms with E-state index < -0.39 is 0 Å². The van der Waals surface area contributed by atoms with E-state index in [1.807, 2.05) is 15.4 Å². The van der Waals surface area contributed by atoms with E-state index in [1.54, 1.807) is 0 Å². The van der Waals surface area contributed by atoms with Crippen LogP contribution in [0.2, 0.25) is 0 Å². The molecule has 3 nitrogen and oxygen atoms in total. The van der Waals surface area contributed by atoms with Crippen molar-refractivity contribution in [2.45, 2.75) is 0 Å². The highest BCUT2D eigenvalue weighted by Crippen LogP contribution is 2.14. The van der Waals surface area contributed by atoms with Crippen LogP contribution in [0.3, 0.4) is 0 Å². The van der Waals surface area contributed by atoms with Gasteiger partial charge in [-0.1, -0.05) is 11.6 Å². The van der Waals surface area contributed by atoms with Crippen LogP contribution in [-0.2, 0) is 0 Å². The normalized spacial score (nSPS) is 16.2. The third kappa shape index (κ3) is 1.14. The van der Waals surface area contributed by atoms with Crippen LogP contribution in [0, 0.1) is 0 Å². The maximum absolute atomic E-state index is 5.99. The molecule has 0 aromatic carbocycles. The van der Waals surface area contributed by atoms with Gasteiger partial charge in [-0.25, -0.2) is 4.99 Å². The van der Waals surface area contributed by atoms with Crippen LogP contribution in [-0.4, -0.2) is 14.8 Å². The lowest BCUT2D eigenvalue weighted by Gasteiger charge is -2.13. The van der Waals surface area contributed by atoms with Gasteiger partial charge in [-0.3, -0.25) is 3.11 Å². The predicted octanol–water partition coefficient (Wildman–Crippen LogP) is 0.562. The molecular formula is C6H5ClIN3. The van der Waals surface area contributed by atoms with Crippen LogP contribution in [0.15, 0.2) is 17.3 Å². The van der Waals surface area contributed by atoms with Crippen LogP contribution < -0.4 is 10.7 Å². The van der Waals surface area contributed by atoms with Crippen LogP contribution in [0.1, 0.15) is 0 Å². The minimum Gasteiger partial charge on any atom is -0.346 e. The Balaban J connectivity index is 2.82. The van der Waals surface area contributed by atoms with Crippen molar-refractivity contribution in [2.75, 3.05) is 6.67 Å². The van der Waals surface area contributed by atoms with Crippen LogP contribution in [0.5, 0.6) is 0 Å². The van der Waals surface area contributed by atoms with Gasteiger partial charge in [0.1, 0.15) is 17.3 Å². The molecule has 58 valence electrons. The number of hydrogen-bond donors (Lipinski definition) is 1. The number of rotatable bonds is 0. The van der Waals surface area contributed by atoms with Crippen molar-refractivity contribution in [1.29, 1.82) is 0 Å². The largest absolute Gasteiger partial charge is 0.346 e. The first-order valence-electron chi connectivity index (χ1n) is 3.10. The summed E-state index contributed by atoms with van der Waals surface area (Å²) in [6.07, 6.45) is 1.84. The Labute approximate surface area is 82.3 Å². The molecule has 0 spiro atoms. The van der Waals surface area contributed by atoms with E-state index in [4.69, 9.17) is 11.6 Å². The first kappa shape index (κ1) is 7.42. The molecule has 0 saturated carbocycles. The molecule has 0 atom stereocenters.